The smallest absolute Gasteiger partial charge is 0.271 e. The molecule has 1 aliphatic heterocycles. The molecule has 2 aromatic carbocycles. The van der Waals surface area contributed by atoms with Crippen molar-refractivity contribution in [3.05, 3.63) is 53.9 Å². The zero-order chi connectivity index (χ0) is 21.9. The quantitative estimate of drug-likeness (QED) is 0.437. The fraction of sp³-hybridized carbons (Fsp3) is 0.333. The van der Waals surface area contributed by atoms with E-state index in [1.165, 1.54) is 0 Å². The van der Waals surface area contributed by atoms with Crippen LogP contribution in [0.25, 0.3) is 20.9 Å². The third-order valence-corrected chi connectivity index (χ3v) is 6.70. The number of rotatable bonds is 7. The van der Waals surface area contributed by atoms with Gasteiger partial charge in [0.2, 0.25) is 0 Å². The summed E-state index contributed by atoms with van der Waals surface area (Å²) in [4.78, 5) is 5.58. The average molecular weight is 452 g/mol. The Morgan fingerprint density at radius 3 is 2.56 bits per heavy atom. The molecule has 0 bridgehead atoms. The molecular formula is C24H25N3O4S. The maximum atomic E-state index is 6.49. The van der Waals surface area contributed by atoms with Gasteiger partial charge in [0.05, 0.1) is 14.2 Å². The van der Waals surface area contributed by atoms with Gasteiger partial charge in [0.1, 0.15) is 22.5 Å². The lowest BCUT2D eigenvalue weighted by Crippen LogP contribution is -2.34. The molecule has 4 aromatic rings. The van der Waals surface area contributed by atoms with Gasteiger partial charge in [0, 0.05) is 22.6 Å². The van der Waals surface area contributed by atoms with Crippen molar-refractivity contribution in [2.24, 2.45) is 0 Å². The number of ether oxygens (including phenoxy) is 3. The molecule has 1 fully saturated rings. The van der Waals surface area contributed by atoms with E-state index in [-0.39, 0.29) is 6.10 Å². The molecule has 7 nitrogen and oxygen atoms in total. The number of aromatic nitrogens is 2. The van der Waals surface area contributed by atoms with Crippen molar-refractivity contribution in [3.8, 4) is 28.0 Å². The lowest BCUT2D eigenvalue weighted by Gasteiger charge is -2.24. The number of fused-ring (bicyclic) bond motifs is 1. The van der Waals surface area contributed by atoms with Gasteiger partial charge >= 0.3 is 0 Å². The lowest BCUT2D eigenvalue weighted by molar-refractivity contribution is 0.165. The highest BCUT2D eigenvalue weighted by atomic mass is 32.1. The van der Waals surface area contributed by atoms with Gasteiger partial charge in [0.25, 0.3) is 5.89 Å². The Morgan fingerprint density at radius 1 is 1.06 bits per heavy atom. The summed E-state index contributed by atoms with van der Waals surface area (Å²) >= 11 is 1.62. The zero-order valence-electron chi connectivity index (χ0n) is 18.1. The van der Waals surface area contributed by atoms with E-state index in [9.17, 15) is 0 Å². The van der Waals surface area contributed by atoms with E-state index in [1.54, 1.807) is 25.6 Å². The molecule has 8 heteroatoms. The second-order valence-corrected chi connectivity index (χ2v) is 8.79. The fourth-order valence-electron chi connectivity index (χ4n) is 3.93. The van der Waals surface area contributed by atoms with Gasteiger partial charge in [-0.25, -0.2) is 0 Å². The normalized spacial score (nSPS) is 14.6. The summed E-state index contributed by atoms with van der Waals surface area (Å²) in [6.07, 6.45) is 2.65. The molecule has 0 aliphatic carbocycles. The molecule has 0 unspecified atom stereocenters. The van der Waals surface area contributed by atoms with Crippen molar-refractivity contribution in [3.63, 3.8) is 0 Å². The summed E-state index contributed by atoms with van der Waals surface area (Å²) < 4.78 is 24.1. The minimum absolute atomic E-state index is 0.180. The van der Waals surface area contributed by atoms with E-state index in [1.807, 2.05) is 30.3 Å². The zero-order valence-corrected chi connectivity index (χ0v) is 18.9. The van der Waals surface area contributed by atoms with E-state index in [0.29, 0.717) is 18.1 Å². The van der Waals surface area contributed by atoms with Gasteiger partial charge in [-0.2, -0.15) is 4.98 Å². The summed E-state index contributed by atoms with van der Waals surface area (Å²) in [5, 5.41) is 8.70. The van der Waals surface area contributed by atoms with Crippen molar-refractivity contribution in [2.45, 2.75) is 25.4 Å². The Hall–Kier alpha value is -3.10. The molecule has 0 atom stereocenters. The second kappa shape index (κ2) is 9.18. The van der Waals surface area contributed by atoms with Gasteiger partial charge in [-0.1, -0.05) is 17.3 Å². The Morgan fingerprint density at radius 2 is 1.81 bits per heavy atom. The van der Waals surface area contributed by atoms with Gasteiger partial charge in [0.15, 0.2) is 11.6 Å². The summed E-state index contributed by atoms with van der Waals surface area (Å²) in [5.74, 6) is 3.38. The maximum absolute atomic E-state index is 6.49. The van der Waals surface area contributed by atoms with E-state index in [2.05, 4.69) is 22.6 Å². The topological polar surface area (TPSA) is 78.6 Å². The van der Waals surface area contributed by atoms with Crippen LogP contribution in [0.5, 0.6) is 17.2 Å². The first-order chi connectivity index (χ1) is 15.7. The minimum atomic E-state index is 0.180. The van der Waals surface area contributed by atoms with Crippen molar-refractivity contribution in [1.29, 1.82) is 0 Å². The van der Waals surface area contributed by atoms with Crippen molar-refractivity contribution < 1.29 is 18.7 Å². The first kappa shape index (κ1) is 20.8. The average Bonchev–Trinajstić information content (AvgIpc) is 3.44. The van der Waals surface area contributed by atoms with Gasteiger partial charge in [-0.15, -0.1) is 11.3 Å². The molecule has 1 aliphatic rings. The van der Waals surface area contributed by atoms with E-state index in [0.717, 1.165) is 63.7 Å². The molecule has 32 heavy (non-hydrogen) atoms. The number of piperidine rings is 1. The van der Waals surface area contributed by atoms with Crippen LogP contribution in [0, 0.1) is 0 Å². The summed E-state index contributed by atoms with van der Waals surface area (Å²) in [6, 6.07) is 14.0. The summed E-state index contributed by atoms with van der Waals surface area (Å²) in [5.41, 5.74) is 0.982. The Balaban J connectivity index is 1.46. The summed E-state index contributed by atoms with van der Waals surface area (Å²) in [7, 11) is 3.27. The standard InChI is InChI=1S/C24H25N3O4S/c1-28-17-11-15(12-18(14-17)29-2)13-21-26-24(31-27-21)23-22(30-16-7-9-25-10-8-16)19-5-3-4-6-20(19)32-23/h3-6,11-12,14,16,25H,7-10,13H2,1-2H3. The number of thiophene rings is 1. The molecular weight excluding hydrogens is 426 g/mol. The molecule has 1 N–H and O–H groups in total. The number of benzene rings is 2. The van der Waals surface area contributed by atoms with Crippen molar-refractivity contribution in [1.82, 2.24) is 15.5 Å². The Bertz CT molecular complexity index is 1190. The highest BCUT2D eigenvalue weighted by Gasteiger charge is 2.24. The van der Waals surface area contributed by atoms with Crippen LogP contribution in [0.4, 0.5) is 0 Å². The number of nitrogens with zero attached hydrogens (tertiary/aromatic N) is 2. The third kappa shape index (κ3) is 4.28. The number of nitrogens with one attached hydrogen (secondary N) is 1. The van der Waals surface area contributed by atoms with E-state index < -0.39 is 0 Å². The van der Waals surface area contributed by atoms with Crippen LogP contribution in [-0.4, -0.2) is 43.6 Å². The highest BCUT2D eigenvalue weighted by molar-refractivity contribution is 7.22. The maximum Gasteiger partial charge on any atom is 0.271 e. The van der Waals surface area contributed by atoms with Crippen LogP contribution >= 0.6 is 11.3 Å². The molecule has 0 spiro atoms. The molecule has 0 radical (unpaired) electrons. The van der Waals surface area contributed by atoms with Crippen molar-refractivity contribution >= 4 is 21.4 Å². The minimum Gasteiger partial charge on any atom is -0.497 e. The van der Waals surface area contributed by atoms with Crippen LogP contribution in [-0.2, 0) is 6.42 Å². The monoisotopic (exact) mass is 451 g/mol. The third-order valence-electron chi connectivity index (χ3n) is 5.56. The first-order valence-electron chi connectivity index (χ1n) is 10.7. The molecule has 0 amide bonds. The predicted octanol–water partition coefficient (Wildman–Crippen LogP) is 4.69. The number of hydrogen-bond donors (Lipinski definition) is 1. The highest BCUT2D eigenvalue weighted by Crippen LogP contribution is 2.44. The van der Waals surface area contributed by atoms with Crippen molar-refractivity contribution in [2.75, 3.05) is 27.3 Å². The Labute approximate surface area is 190 Å². The molecule has 5 rings (SSSR count). The SMILES string of the molecule is COc1cc(Cc2noc(-c3sc4ccccc4c3OC3CCNCC3)n2)cc(OC)c1. The van der Waals surface area contributed by atoms with E-state index in [4.69, 9.17) is 23.7 Å². The van der Waals surface area contributed by atoms with Crippen LogP contribution in [0.2, 0.25) is 0 Å². The van der Waals surface area contributed by atoms with Crippen LogP contribution < -0.4 is 19.5 Å². The van der Waals surface area contributed by atoms with Crippen LogP contribution in [0.15, 0.2) is 47.0 Å². The molecule has 3 heterocycles. The summed E-state index contributed by atoms with van der Waals surface area (Å²) in [6.45, 7) is 1.94. The van der Waals surface area contributed by atoms with Gasteiger partial charge in [-0.05, 0) is 55.8 Å². The largest absolute Gasteiger partial charge is 0.497 e. The molecule has 166 valence electrons. The Kier molecular flexibility index (Phi) is 5.96. The number of methoxy groups -OCH3 is 2. The predicted molar refractivity (Wildman–Crippen MR) is 124 cm³/mol. The molecule has 0 saturated carbocycles. The molecule has 2 aromatic heterocycles. The molecule has 1 saturated heterocycles. The second-order valence-electron chi connectivity index (χ2n) is 7.74. The van der Waals surface area contributed by atoms with Gasteiger partial charge in [-0.3, -0.25) is 0 Å². The fourth-order valence-corrected chi connectivity index (χ4v) is 4.99. The van der Waals surface area contributed by atoms with Crippen LogP contribution in [0.1, 0.15) is 24.2 Å². The lowest BCUT2D eigenvalue weighted by atomic mass is 10.1. The van der Waals surface area contributed by atoms with E-state index >= 15 is 0 Å². The first-order valence-corrected chi connectivity index (χ1v) is 11.5. The van der Waals surface area contributed by atoms with Crippen LogP contribution in [0.3, 0.4) is 0 Å². The van der Waals surface area contributed by atoms with Gasteiger partial charge < -0.3 is 24.1 Å². The number of hydrogen-bond acceptors (Lipinski definition) is 8.